The van der Waals surface area contributed by atoms with Crippen molar-refractivity contribution in [2.75, 3.05) is 26.8 Å². The highest BCUT2D eigenvalue weighted by Crippen LogP contribution is 2.31. The quantitative estimate of drug-likeness (QED) is 0.400. The van der Waals surface area contributed by atoms with Gasteiger partial charge in [0.1, 0.15) is 5.82 Å². The molecule has 0 saturated carbocycles. The molecule has 0 unspecified atom stereocenters. The molecule has 1 fully saturated rings. The second kappa shape index (κ2) is 11.2. The number of hydrogen-bond acceptors (Lipinski definition) is 5. The van der Waals surface area contributed by atoms with Crippen molar-refractivity contribution in [2.45, 2.75) is 44.9 Å². The Balaban J connectivity index is 1.48. The number of benzene rings is 2. The lowest BCUT2D eigenvalue weighted by molar-refractivity contribution is 0.0713. The Kier molecular flexibility index (Phi) is 7.84. The molecule has 1 aliphatic heterocycles. The van der Waals surface area contributed by atoms with Crippen LogP contribution in [0.4, 0.5) is 0 Å². The predicted molar refractivity (Wildman–Crippen MR) is 137 cm³/mol. The second-order valence-corrected chi connectivity index (χ2v) is 9.28. The summed E-state index contributed by atoms with van der Waals surface area (Å²) in [6, 6.07) is 16.6. The van der Waals surface area contributed by atoms with Gasteiger partial charge in [-0.05, 0) is 66.0 Å². The minimum Gasteiger partial charge on any atom is -0.384 e. The number of piperidine rings is 1. The molecule has 1 amide bonds. The minimum atomic E-state index is 0.0627. The van der Waals surface area contributed by atoms with Crippen molar-refractivity contribution in [1.29, 1.82) is 0 Å². The molecule has 3 aromatic rings. The average molecular weight is 472 g/mol. The first-order valence-corrected chi connectivity index (χ1v) is 12.2. The first-order chi connectivity index (χ1) is 17.0. The van der Waals surface area contributed by atoms with Gasteiger partial charge >= 0.3 is 0 Å². The van der Waals surface area contributed by atoms with E-state index >= 15 is 0 Å². The van der Waals surface area contributed by atoms with Gasteiger partial charge in [0.25, 0.3) is 5.91 Å². The summed E-state index contributed by atoms with van der Waals surface area (Å²) < 4.78 is 5.14. The maximum absolute atomic E-state index is 13.4. The van der Waals surface area contributed by atoms with E-state index in [0.29, 0.717) is 36.3 Å². The number of ether oxygens (including phenoxy) is 1. The van der Waals surface area contributed by atoms with E-state index < -0.39 is 0 Å². The molecule has 0 atom stereocenters. The molecule has 182 valence electrons. The molecule has 1 saturated heterocycles. The lowest BCUT2D eigenvalue weighted by Crippen LogP contribution is -2.38. The van der Waals surface area contributed by atoms with Crippen molar-refractivity contribution in [3.05, 3.63) is 70.5 Å². The molecule has 1 aromatic heterocycles. The molecular formula is C28H33N5O2. The summed E-state index contributed by atoms with van der Waals surface area (Å²) in [5.41, 5.74) is 10.3. The van der Waals surface area contributed by atoms with Crippen LogP contribution in [0.2, 0.25) is 0 Å². The van der Waals surface area contributed by atoms with E-state index in [4.69, 9.17) is 10.5 Å². The minimum absolute atomic E-state index is 0.0627. The van der Waals surface area contributed by atoms with Gasteiger partial charge in [-0.25, -0.2) is 0 Å². The summed E-state index contributed by atoms with van der Waals surface area (Å²) in [7, 11) is 1.67. The molecule has 0 bridgehead atoms. The van der Waals surface area contributed by atoms with Crippen LogP contribution in [0.1, 0.15) is 71.4 Å². The van der Waals surface area contributed by atoms with Gasteiger partial charge in [0.15, 0.2) is 5.82 Å². The summed E-state index contributed by atoms with van der Waals surface area (Å²) in [5.74, 6) is 5.14. The van der Waals surface area contributed by atoms with Crippen molar-refractivity contribution >= 4 is 5.91 Å². The van der Waals surface area contributed by atoms with Crippen molar-refractivity contribution in [2.24, 2.45) is 5.73 Å². The van der Waals surface area contributed by atoms with Crippen molar-refractivity contribution in [3.8, 4) is 23.4 Å². The van der Waals surface area contributed by atoms with Gasteiger partial charge in [0, 0.05) is 49.4 Å². The molecule has 7 heteroatoms. The topological polar surface area (TPSA) is 97.1 Å². The number of amides is 1. The molecule has 7 nitrogen and oxygen atoms in total. The maximum Gasteiger partial charge on any atom is 0.253 e. The third kappa shape index (κ3) is 5.72. The number of nitrogens with zero attached hydrogens (tertiary/aromatic N) is 3. The van der Waals surface area contributed by atoms with Gasteiger partial charge in [-0.15, -0.1) is 10.2 Å². The van der Waals surface area contributed by atoms with Crippen LogP contribution in [0.5, 0.6) is 0 Å². The van der Waals surface area contributed by atoms with E-state index in [-0.39, 0.29) is 5.91 Å². The number of aromatic nitrogens is 3. The number of aromatic amines is 1. The number of H-pyrrole nitrogens is 1. The van der Waals surface area contributed by atoms with Gasteiger partial charge in [-0.3, -0.25) is 4.79 Å². The molecule has 2 aromatic carbocycles. The van der Waals surface area contributed by atoms with E-state index in [0.717, 1.165) is 48.4 Å². The number of nitrogens with two attached hydrogens (primary N) is 1. The van der Waals surface area contributed by atoms with E-state index in [2.05, 4.69) is 53.1 Å². The largest absolute Gasteiger partial charge is 0.384 e. The number of likely N-dealkylation sites (tertiary alicyclic amines) is 1. The molecular weight excluding hydrogens is 438 g/mol. The van der Waals surface area contributed by atoms with Crippen LogP contribution < -0.4 is 5.73 Å². The molecule has 2 heterocycles. The van der Waals surface area contributed by atoms with Gasteiger partial charge in [0.2, 0.25) is 0 Å². The first kappa shape index (κ1) is 24.5. The van der Waals surface area contributed by atoms with Crippen LogP contribution in [0, 0.1) is 12.0 Å². The molecule has 3 N–H and O–H groups in total. The smallest absolute Gasteiger partial charge is 0.253 e. The Labute approximate surface area is 207 Å². The number of rotatable bonds is 7. The van der Waals surface area contributed by atoms with Gasteiger partial charge in [-0.1, -0.05) is 32.0 Å². The third-order valence-corrected chi connectivity index (χ3v) is 6.63. The highest BCUT2D eigenvalue weighted by Gasteiger charge is 2.25. The molecule has 0 spiro atoms. The fourth-order valence-electron chi connectivity index (χ4n) is 4.65. The first-order valence-electron chi connectivity index (χ1n) is 12.2. The number of methoxy groups -OCH3 is 1. The highest BCUT2D eigenvalue weighted by molar-refractivity contribution is 5.95. The zero-order chi connectivity index (χ0) is 24.8. The Hall–Kier alpha value is -3.63. The summed E-state index contributed by atoms with van der Waals surface area (Å²) in [5, 5.41) is 8.61. The Morgan fingerprint density at radius 2 is 1.91 bits per heavy atom. The Morgan fingerprint density at radius 3 is 2.57 bits per heavy atom. The van der Waals surface area contributed by atoms with Gasteiger partial charge in [0.05, 0.1) is 6.61 Å². The maximum atomic E-state index is 13.4. The second-order valence-electron chi connectivity index (χ2n) is 9.28. The standard InChI is InChI=1S/C28H33N5O2/c1-19(2)24-9-8-23(18-25(24)27-30-26(31-32-27)13-17-35-3)28(34)33-15-11-22(12-16-33)21-6-4-20(5-7-21)10-14-29/h4-9,18-19,22H,11-13,15-17,29H2,1-3H3,(H,30,31,32). The van der Waals surface area contributed by atoms with E-state index in [1.54, 1.807) is 7.11 Å². The summed E-state index contributed by atoms with van der Waals surface area (Å²) in [4.78, 5) is 18.7. The van der Waals surface area contributed by atoms with Crippen LogP contribution in [0.3, 0.4) is 0 Å². The number of carbonyl (C=O) groups excluding carboxylic acids is 1. The van der Waals surface area contributed by atoms with Crippen LogP contribution in [-0.4, -0.2) is 52.8 Å². The molecule has 0 radical (unpaired) electrons. The zero-order valence-electron chi connectivity index (χ0n) is 20.7. The highest BCUT2D eigenvalue weighted by atomic mass is 16.5. The lowest BCUT2D eigenvalue weighted by atomic mass is 9.88. The normalized spacial score (nSPS) is 14.1. The zero-order valence-corrected chi connectivity index (χ0v) is 20.7. The van der Waals surface area contributed by atoms with Crippen molar-refractivity contribution < 1.29 is 9.53 Å². The molecule has 1 aliphatic rings. The number of nitrogens with one attached hydrogen (secondary N) is 1. The van der Waals surface area contributed by atoms with Crippen LogP contribution >= 0.6 is 0 Å². The van der Waals surface area contributed by atoms with Gasteiger partial charge < -0.3 is 20.4 Å². The molecule has 4 rings (SSSR count). The summed E-state index contributed by atoms with van der Waals surface area (Å²) >= 11 is 0. The molecule has 0 aliphatic carbocycles. The van der Waals surface area contributed by atoms with Crippen LogP contribution in [0.25, 0.3) is 11.4 Å². The molecule has 35 heavy (non-hydrogen) atoms. The Bertz CT molecular complexity index is 1210. The van der Waals surface area contributed by atoms with Crippen LogP contribution in [-0.2, 0) is 11.2 Å². The van der Waals surface area contributed by atoms with Gasteiger partial charge in [-0.2, -0.15) is 0 Å². The van der Waals surface area contributed by atoms with E-state index in [1.807, 2.05) is 35.2 Å². The number of carbonyl (C=O) groups is 1. The van der Waals surface area contributed by atoms with Crippen molar-refractivity contribution in [3.63, 3.8) is 0 Å². The SMILES string of the molecule is COCCc1nnc(-c2cc(C(=O)N3CCC(c4ccc(C#CN)cc4)CC3)ccc2C(C)C)[nH]1. The summed E-state index contributed by atoms with van der Waals surface area (Å²) in [6.45, 7) is 6.33. The monoisotopic (exact) mass is 471 g/mol. The van der Waals surface area contributed by atoms with Crippen molar-refractivity contribution in [1.82, 2.24) is 20.1 Å². The Morgan fingerprint density at radius 1 is 1.17 bits per heavy atom. The number of hydrogen-bond donors (Lipinski definition) is 2. The van der Waals surface area contributed by atoms with E-state index in [1.165, 1.54) is 5.56 Å². The fraction of sp³-hybridized carbons (Fsp3) is 0.393. The van der Waals surface area contributed by atoms with Crippen LogP contribution in [0.15, 0.2) is 42.5 Å². The lowest BCUT2D eigenvalue weighted by Gasteiger charge is -2.32. The third-order valence-electron chi connectivity index (χ3n) is 6.63. The fourth-order valence-corrected chi connectivity index (χ4v) is 4.65. The average Bonchev–Trinajstić information content (AvgIpc) is 3.36. The predicted octanol–water partition coefficient (Wildman–Crippen LogP) is 4.07. The van der Waals surface area contributed by atoms with E-state index in [9.17, 15) is 4.79 Å². The summed E-state index contributed by atoms with van der Waals surface area (Å²) in [6.07, 6.45) is 2.54.